The van der Waals surface area contributed by atoms with Gasteiger partial charge in [0.05, 0.1) is 5.56 Å². The van der Waals surface area contributed by atoms with Crippen LogP contribution in [0.4, 0.5) is 5.69 Å². The van der Waals surface area contributed by atoms with Gasteiger partial charge in [0.2, 0.25) is 10.0 Å². The molecule has 1 heterocycles. The number of amides is 1. The zero-order valence-corrected chi connectivity index (χ0v) is 12.8. The zero-order chi connectivity index (χ0) is 14.9. The third-order valence-corrected chi connectivity index (χ3v) is 5.18. The third kappa shape index (κ3) is 3.37. The van der Waals surface area contributed by atoms with Gasteiger partial charge in [0.25, 0.3) is 5.91 Å². The number of primary sulfonamides is 1. The Morgan fingerprint density at radius 1 is 1.35 bits per heavy atom. The Bertz CT molecular complexity index is 769. The van der Waals surface area contributed by atoms with Crippen LogP contribution in [0.25, 0.3) is 0 Å². The lowest BCUT2D eigenvalue weighted by molar-refractivity contribution is 0.102. The van der Waals surface area contributed by atoms with Crippen LogP contribution in [0.2, 0.25) is 5.02 Å². The van der Waals surface area contributed by atoms with Gasteiger partial charge in [-0.2, -0.15) is 0 Å². The van der Waals surface area contributed by atoms with E-state index in [1.807, 2.05) is 6.92 Å². The van der Waals surface area contributed by atoms with Crippen molar-refractivity contribution in [3.8, 4) is 0 Å². The van der Waals surface area contributed by atoms with E-state index in [0.29, 0.717) is 10.7 Å². The number of rotatable bonds is 3. The molecule has 3 N–H and O–H groups in total. The van der Waals surface area contributed by atoms with E-state index in [1.54, 1.807) is 18.2 Å². The predicted octanol–water partition coefficient (Wildman–Crippen LogP) is 2.61. The fourth-order valence-corrected chi connectivity index (χ4v) is 3.36. The molecule has 1 aromatic carbocycles. The van der Waals surface area contributed by atoms with Crippen molar-refractivity contribution in [3.63, 3.8) is 0 Å². The molecule has 0 bridgehead atoms. The molecule has 0 aliphatic heterocycles. The number of carbonyl (C=O) groups excluding carboxylic acids is 1. The smallest absolute Gasteiger partial charge is 0.256 e. The highest BCUT2D eigenvalue weighted by Gasteiger charge is 2.15. The maximum Gasteiger partial charge on any atom is 0.256 e. The van der Waals surface area contributed by atoms with Gasteiger partial charge in [0, 0.05) is 16.1 Å². The molecule has 0 aliphatic rings. The second-order valence-electron chi connectivity index (χ2n) is 4.11. The number of nitrogens with one attached hydrogen (secondary N) is 1. The fourth-order valence-electron chi connectivity index (χ4n) is 1.55. The van der Waals surface area contributed by atoms with Gasteiger partial charge < -0.3 is 5.32 Å². The number of benzene rings is 1. The molecule has 106 valence electrons. The Hall–Kier alpha value is -1.41. The normalized spacial score (nSPS) is 11.3. The van der Waals surface area contributed by atoms with Crippen LogP contribution in [0.15, 0.2) is 33.9 Å². The number of carbonyl (C=O) groups is 1. The first-order valence-corrected chi connectivity index (χ1v) is 8.26. The maximum atomic E-state index is 12.0. The lowest BCUT2D eigenvalue weighted by Gasteiger charge is -2.07. The Balaban J connectivity index is 2.22. The summed E-state index contributed by atoms with van der Waals surface area (Å²) in [5.41, 5.74) is 1.67. The number of thiophene rings is 1. The van der Waals surface area contributed by atoms with Crippen molar-refractivity contribution in [1.29, 1.82) is 0 Å². The maximum absolute atomic E-state index is 12.0. The molecule has 5 nitrogen and oxygen atoms in total. The van der Waals surface area contributed by atoms with Crippen molar-refractivity contribution in [2.45, 2.75) is 11.1 Å². The van der Waals surface area contributed by atoms with Gasteiger partial charge in [-0.15, -0.1) is 11.3 Å². The van der Waals surface area contributed by atoms with Crippen LogP contribution >= 0.6 is 22.9 Å². The predicted molar refractivity (Wildman–Crippen MR) is 79.8 cm³/mol. The van der Waals surface area contributed by atoms with Gasteiger partial charge in [0.1, 0.15) is 4.21 Å². The molecule has 0 aliphatic carbocycles. The minimum atomic E-state index is -3.78. The van der Waals surface area contributed by atoms with Gasteiger partial charge in [-0.3, -0.25) is 4.79 Å². The zero-order valence-electron chi connectivity index (χ0n) is 10.4. The number of halogens is 1. The molecule has 0 unspecified atom stereocenters. The highest BCUT2D eigenvalue weighted by molar-refractivity contribution is 7.91. The molecular weight excluding hydrogens is 320 g/mol. The lowest BCUT2D eigenvalue weighted by Crippen LogP contribution is -2.13. The standard InChI is InChI=1S/C12H11ClN2O3S2/c1-7-4-9(13)2-3-10(7)15-12(16)8-5-11(19-6-8)20(14,17)18/h2-6H,1H3,(H,15,16)(H2,14,17,18). The van der Waals surface area contributed by atoms with Crippen molar-refractivity contribution in [2.75, 3.05) is 5.32 Å². The average molecular weight is 331 g/mol. The Morgan fingerprint density at radius 2 is 2.05 bits per heavy atom. The second-order valence-corrected chi connectivity index (χ2v) is 7.25. The summed E-state index contributed by atoms with van der Waals surface area (Å²) in [6, 6.07) is 6.32. The summed E-state index contributed by atoms with van der Waals surface area (Å²) in [5.74, 6) is -0.401. The summed E-state index contributed by atoms with van der Waals surface area (Å²) >= 11 is 6.74. The van der Waals surface area contributed by atoms with Crippen LogP contribution in [0, 0.1) is 6.92 Å². The summed E-state index contributed by atoms with van der Waals surface area (Å²) in [5, 5.41) is 9.71. The monoisotopic (exact) mass is 330 g/mol. The van der Waals surface area contributed by atoms with Crippen LogP contribution < -0.4 is 10.5 Å². The number of aryl methyl sites for hydroxylation is 1. The van der Waals surface area contributed by atoms with Gasteiger partial charge in [0.15, 0.2) is 0 Å². The van der Waals surface area contributed by atoms with Crippen LogP contribution in [0.5, 0.6) is 0 Å². The first-order valence-electron chi connectivity index (χ1n) is 5.46. The first-order chi connectivity index (χ1) is 9.27. The van der Waals surface area contributed by atoms with Gasteiger partial charge in [-0.1, -0.05) is 11.6 Å². The number of anilines is 1. The average Bonchev–Trinajstić information content (AvgIpc) is 2.82. The highest BCUT2D eigenvalue weighted by Crippen LogP contribution is 2.22. The topological polar surface area (TPSA) is 89.3 Å². The first kappa shape index (κ1) is 15.0. The molecule has 0 spiro atoms. The molecule has 0 saturated heterocycles. The number of hydrogen-bond donors (Lipinski definition) is 2. The van der Waals surface area contributed by atoms with Crippen molar-refractivity contribution < 1.29 is 13.2 Å². The molecule has 20 heavy (non-hydrogen) atoms. The Labute approximate surface area is 125 Å². The molecule has 1 aromatic heterocycles. The summed E-state index contributed by atoms with van der Waals surface area (Å²) in [7, 11) is -3.78. The van der Waals surface area contributed by atoms with E-state index in [4.69, 9.17) is 16.7 Å². The quantitative estimate of drug-likeness (QED) is 0.906. The van der Waals surface area contributed by atoms with Crippen LogP contribution in [-0.4, -0.2) is 14.3 Å². The fraction of sp³-hybridized carbons (Fsp3) is 0.0833. The van der Waals surface area contributed by atoms with Crippen molar-refractivity contribution >= 4 is 44.6 Å². The molecule has 8 heteroatoms. The summed E-state index contributed by atoms with van der Waals surface area (Å²) in [6.45, 7) is 1.81. The SMILES string of the molecule is Cc1cc(Cl)ccc1NC(=O)c1csc(S(N)(=O)=O)c1. The van der Waals surface area contributed by atoms with E-state index < -0.39 is 15.9 Å². The Morgan fingerprint density at radius 3 is 2.60 bits per heavy atom. The van der Waals surface area contributed by atoms with Crippen molar-refractivity contribution in [1.82, 2.24) is 0 Å². The minimum absolute atomic E-state index is 0.0459. The van der Waals surface area contributed by atoms with E-state index in [1.165, 1.54) is 11.4 Å². The van der Waals surface area contributed by atoms with Gasteiger partial charge in [-0.25, -0.2) is 13.6 Å². The number of nitrogens with two attached hydrogens (primary N) is 1. The van der Waals surface area contributed by atoms with E-state index >= 15 is 0 Å². The van der Waals surface area contributed by atoms with Gasteiger partial charge in [-0.05, 0) is 36.8 Å². The molecular formula is C12H11ClN2O3S2. The molecule has 0 saturated carbocycles. The Kier molecular flexibility index (Phi) is 4.14. The number of sulfonamides is 1. The van der Waals surface area contributed by atoms with E-state index in [0.717, 1.165) is 16.9 Å². The molecule has 0 radical (unpaired) electrons. The lowest BCUT2D eigenvalue weighted by atomic mass is 10.2. The minimum Gasteiger partial charge on any atom is -0.322 e. The third-order valence-electron chi connectivity index (χ3n) is 2.55. The van der Waals surface area contributed by atoms with Crippen molar-refractivity contribution in [3.05, 3.63) is 45.8 Å². The molecule has 1 amide bonds. The van der Waals surface area contributed by atoms with E-state index in [9.17, 15) is 13.2 Å². The van der Waals surface area contributed by atoms with Crippen LogP contribution in [0.1, 0.15) is 15.9 Å². The highest BCUT2D eigenvalue weighted by atomic mass is 35.5. The molecule has 2 rings (SSSR count). The van der Waals surface area contributed by atoms with Gasteiger partial charge >= 0.3 is 0 Å². The second kappa shape index (κ2) is 5.53. The summed E-state index contributed by atoms with van der Waals surface area (Å²) < 4.78 is 22.3. The summed E-state index contributed by atoms with van der Waals surface area (Å²) in [6.07, 6.45) is 0. The molecule has 0 fully saturated rings. The summed E-state index contributed by atoms with van der Waals surface area (Å²) in [4.78, 5) is 12.0. The van der Waals surface area contributed by atoms with Crippen LogP contribution in [-0.2, 0) is 10.0 Å². The van der Waals surface area contributed by atoms with Crippen LogP contribution in [0.3, 0.4) is 0 Å². The van der Waals surface area contributed by atoms with E-state index in [-0.39, 0.29) is 9.77 Å². The van der Waals surface area contributed by atoms with E-state index in [2.05, 4.69) is 5.32 Å². The van der Waals surface area contributed by atoms with Crippen molar-refractivity contribution in [2.24, 2.45) is 5.14 Å². The molecule has 0 atom stereocenters. The number of hydrogen-bond acceptors (Lipinski definition) is 4. The largest absolute Gasteiger partial charge is 0.322 e. The molecule has 2 aromatic rings.